The Morgan fingerprint density at radius 1 is 1.09 bits per heavy atom. The van der Waals surface area contributed by atoms with Gasteiger partial charge in [0.15, 0.2) is 0 Å². The Bertz CT molecular complexity index is 1250. The molecule has 12 nitrogen and oxygen atoms in total. The number of alkyl carbamates (subject to hydrolysis) is 1. The summed E-state index contributed by atoms with van der Waals surface area (Å²) in [6.07, 6.45) is 6.04. The molecule has 0 aromatic heterocycles. The van der Waals surface area contributed by atoms with Crippen LogP contribution >= 0.6 is 11.6 Å². The first-order valence-corrected chi connectivity index (χ1v) is 17.2. The van der Waals surface area contributed by atoms with Crippen LogP contribution in [0.1, 0.15) is 89.5 Å². The molecule has 45 heavy (non-hydrogen) atoms. The van der Waals surface area contributed by atoms with Gasteiger partial charge in [-0.05, 0) is 49.3 Å². The number of unbranched alkanes of at least 4 members (excludes halogenated alkanes) is 2. The number of hydrogen-bond acceptors (Lipinski definition) is 9. The third kappa shape index (κ3) is 13.8. The van der Waals surface area contributed by atoms with E-state index in [2.05, 4.69) is 16.0 Å². The summed E-state index contributed by atoms with van der Waals surface area (Å²) < 4.78 is 47.7. The quantitative estimate of drug-likeness (QED) is 0.0991. The second-order valence-electron chi connectivity index (χ2n) is 11.6. The smallest absolute Gasteiger partial charge is 0.745 e. The van der Waals surface area contributed by atoms with Crippen molar-refractivity contribution in [1.29, 1.82) is 0 Å². The molecular formula is C30H43ClN3NaO9S. The van der Waals surface area contributed by atoms with Crippen molar-refractivity contribution in [2.75, 3.05) is 6.54 Å². The zero-order valence-corrected chi connectivity index (χ0v) is 29.6. The second kappa shape index (κ2) is 19.7. The normalized spacial score (nSPS) is 18.9. The molecule has 15 heteroatoms. The molecule has 1 unspecified atom stereocenters. The van der Waals surface area contributed by atoms with Gasteiger partial charge in [-0.3, -0.25) is 14.4 Å². The van der Waals surface area contributed by atoms with E-state index in [9.17, 15) is 32.1 Å². The van der Waals surface area contributed by atoms with E-state index in [1.54, 1.807) is 24.3 Å². The summed E-state index contributed by atoms with van der Waals surface area (Å²) in [5, 5.41) is 8.26. The molecule has 0 bridgehead atoms. The van der Waals surface area contributed by atoms with Gasteiger partial charge < -0.3 is 30.0 Å². The number of ether oxygens (including phenoxy) is 2. The fourth-order valence-corrected chi connectivity index (χ4v) is 6.71. The summed E-state index contributed by atoms with van der Waals surface area (Å²) in [6, 6.07) is 4.09. The molecule has 1 aromatic rings. The molecule has 1 aliphatic carbocycles. The number of halogens is 1. The molecule has 1 aromatic carbocycles. The Labute approximate surface area is 292 Å². The van der Waals surface area contributed by atoms with Crippen molar-refractivity contribution in [3.63, 3.8) is 0 Å². The third-order valence-electron chi connectivity index (χ3n) is 8.04. The van der Waals surface area contributed by atoms with E-state index in [1.165, 1.54) is 0 Å². The fourth-order valence-electron chi connectivity index (χ4n) is 5.70. The first-order chi connectivity index (χ1) is 21.0. The minimum Gasteiger partial charge on any atom is -0.745 e. The van der Waals surface area contributed by atoms with E-state index in [0.29, 0.717) is 36.4 Å². The van der Waals surface area contributed by atoms with Gasteiger partial charge in [0.05, 0.1) is 6.04 Å². The van der Waals surface area contributed by atoms with Crippen LogP contribution in [0.2, 0.25) is 5.02 Å². The monoisotopic (exact) mass is 679 g/mol. The zero-order valence-electron chi connectivity index (χ0n) is 26.1. The van der Waals surface area contributed by atoms with Crippen LogP contribution in [-0.4, -0.2) is 60.9 Å². The van der Waals surface area contributed by atoms with Gasteiger partial charge in [0, 0.05) is 23.9 Å². The molecule has 0 radical (unpaired) electrons. The van der Waals surface area contributed by atoms with Gasteiger partial charge in [0.25, 0.3) is 0 Å². The topological polar surface area (TPSA) is 180 Å². The van der Waals surface area contributed by atoms with Crippen molar-refractivity contribution >= 4 is 45.6 Å². The second-order valence-corrected chi connectivity index (χ2v) is 13.5. The fraction of sp³-hybridized carbons (Fsp3) is 0.667. The summed E-state index contributed by atoms with van der Waals surface area (Å²) >= 11 is 6.00. The molecule has 3 amide bonds. The Morgan fingerprint density at radius 3 is 2.44 bits per heavy atom. The van der Waals surface area contributed by atoms with Gasteiger partial charge >= 0.3 is 41.6 Å². The molecule has 3 N–H and O–H groups in total. The molecule has 1 aliphatic heterocycles. The molecule has 246 valence electrons. The Morgan fingerprint density at radius 2 is 1.82 bits per heavy atom. The van der Waals surface area contributed by atoms with Crippen molar-refractivity contribution in [2.45, 2.75) is 108 Å². The number of amides is 3. The van der Waals surface area contributed by atoms with Gasteiger partial charge in [-0.1, -0.05) is 75.6 Å². The SMILES string of the molecule is CCCCCC(=O)OC([C@H](C[C@@H]1CCNC1=O)NC(=O)[C@H](CC1CCCCC1)NC(=O)OCc1cccc(Cl)c1)S(=O)(=O)[O-].[Na+]. The van der Waals surface area contributed by atoms with Crippen LogP contribution in [0.3, 0.4) is 0 Å². The van der Waals surface area contributed by atoms with Crippen LogP contribution in [0.4, 0.5) is 4.79 Å². The maximum Gasteiger partial charge on any atom is 1.00 e. The van der Waals surface area contributed by atoms with Crippen molar-refractivity contribution in [2.24, 2.45) is 11.8 Å². The predicted molar refractivity (Wildman–Crippen MR) is 161 cm³/mol. The van der Waals surface area contributed by atoms with E-state index < -0.39 is 51.5 Å². The molecule has 1 saturated heterocycles. The number of carbonyl (C=O) groups excluding carboxylic acids is 4. The summed E-state index contributed by atoms with van der Waals surface area (Å²) in [4.78, 5) is 51.4. The van der Waals surface area contributed by atoms with Crippen molar-refractivity contribution < 1.29 is 71.2 Å². The zero-order chi connectivity index (χ0) is 32.1. The van der Waals surface area contributed by atoms with E-state index in [4.69, 9.17) is 21.1 Å². The van der Waals surface area contributed by atoms with Crippen molar-refractivity contribution in [3.05, 3.63) is 34.9 Å². The molecule has 2 fully saturated rings. The Hall–Kier alpha value is -1.90. The van der Waals surface area contributed by atoms with Gasteiger partial charge in [-0.2, -0.15) is 0 Å². The molecule has 1 saturated carbocycles. The van der Waals surface area contributed by atoms with E-state index in [-0.39, 0.29) is 67.3 Å². The number of esters is 1. The van der Waals surface area contributed by atoms with E-state index in [1.807, 2.05) is 6.92 Å². The summed E-state index contributed by atoms with van der Waals surface area (Å²) in [6.45, 7) is 2.17. The van der Waals surface area contributed by atoms with Gasteiger partial charge in [0.1, 0.15) is 22.8 Å². The number of rotatable bonds is 16. The summed E-state index contributed by atoms with van der Waals surface area (Å²) in [7, 11) is -5.28. The number of carbonyl (C=O) groups is 4. The minimum atomic E-state index is -5.28. The first kappa shape index (κ1) is 39.3. The minimum absolute atomic E-state index is 0. The van der Waals surface area contributed by atoms with Gasteiger partial charge in [-0.15, -0.1) is 0 Å². The predicted octanol–water partition coefficient (Wildman–Crippen LogP) is 0.915. The van der Waals surface area contributed by atoms with Crippen LogP contribution in [0.15, 0.2) is 24.3 Å². The van der Waals surface area contributed by atoms with E-state index >= 15 is 0 Å². The average Bonchev–Trinajstić information content (AvgIpc) is 3.38. The summed E-state index contributed by atoms with van der Waals surface area (Å²) in [5.74, 6) is -2.62. The Balaban J connectivity index is 0.00000705. The van der Waals surface area contributed by atoms with Crippen LogP contribution in [0, 0.1) is 11.8 Å². The standard InChI is InChI=1S/C30H44ClN3O9S.Na/c1-2-3-5-13-26(35)43-29(44(39,40)41)25(18-22-14-15-32-27(22)36)33-28(37)24(17-20-9-6-4-7-10-20)34-30(38)42-19-21-11-8-12-23(31)16-21;/h8,11-12,16,20,22,24-25,29H,2-7,9-10,13-15,17-19H2,1H3,(H,32,36)(H,33,37)(H,34,38)(H,39,40,41);/q;+1/p-1/t22-,24-,25-,29?;/m0./s1. The molecule has 0 spiro atoms. The van der Waals surface area contributed by atoms with Crippen LogP contribution in [-0.2, 0) is 40.6 Å². The maximum absolute atomic E-state index is 13.7. The maximum atomic E-state index is 13.7. The number of benzene rings is 1. The van der Waals surface area contributed by atoms with Gasteiger partial charge in [0.2, 0.25) is 17.3 Å². The Kier molecular flexibility index (Phi) is 17.2. The molecule has 3 rings (SSSR count). The number of hydrogen-bond donors (Lipinski definition) is 3. The van der Waals surface area contributed by atoms with Gasteiger partial charge in [-0.25, -0.2) is 13.2 Å². The van der Waals surface area contributed by atoms with Crippen LogP contribution < -0.4 is 45.5 Å². The largest absolute Gasteiger partial charge is 1.00 e. The average molecular weight is 680 g/mol. The molecule has 4 atom stereocenters. The van der Waals surface area contributed by atoms with Crippen LogP contribution in [0.5, 0.6) is 0 Å². The van der Waals surface area contributed by atoms with Crippen molar-refractivity contribution in [1.82, 2.24) is 16.0 Å². The summed E-state index contributed by atoms with van der Waals surface area (Å²) in [5.41, 5.74) is -1.61. The first-order valence-electron chi connectivity index (χ1n) is 15.4. The van der Waals surface area contributed by atoms with Crippen molar-refractivity contribution in [3.8, 4) is 0 Å². The third-order valence-corrected chi connectivity index (χ3v) is 9.26. The molecule has 1 heterocycles. The molecular weight excluding hydrogens is 637 g/mol. The van der Waals surface area contributed by atoms with E-state index in [0.717, 1.165) is 38.5 Å². The van der Waals surface area contributed by atoms with Crippen LogP contribution in [0.25, 0.3) is 0 Å². The molecule has 2 aliphatic rings. The number of nitrogens with one attached hydrogen (secondary N) is 3.